The van der Waals surface area contributed by atoms with Gasteiger partial charge in [-0.3, -0.25) is 4.79 Å². The van der Waals surface area contributed by atoms with Crippen molar-refractivity contribution < 1.29 is 18.7 Å². The normalized spacial score (nSPS) is 10.3. The molecule has 1 aromatic carbocycles. The molecular formula is C13H11ClFN3O3. The molecule has 0 aliphatic rings. The summed E-state index contributed by atoms with van der Waals surface area (Å²) in [6.45, 7) is 0. The summed E-state index contributed by atoms with van der Waals surface area (Å²) >= 11 is 5.73. The van der Waals surface area contributed by atoms with Gasteiger partial charge in [0.1, 0.15) is 5.82 Å². The molecule has 1 aromatic heterocycles. The van der Waals surface area contributed by atoms with Gasteiger partial charge in [0, 0.05) is 5.02 Å². The molecule has 2 aromatic rings. The van der Waals surface area contributed by atoms with Gasteiger partial charge in [-0.1, -0.05) is 11.6 Å². The van der Waals surface area contributed by atoms with Gasteiger partial charge in [-0.15, -0.1) is 0 Å². The first-order valence-corrected chi connectivity index (χ1v) is 6.10. The average Bonchev–Trinajstić information content (AvgIpc) is 2.49. The van der Waals surface area contributed by atoms with Crippen LogP contribution in [0.1, 0.15) is 16.2 Å². The highest BCUT2D eigenvalue weighted by Crippen LogP contribution is 2.25. The Morgan fingerprint density at radius 1 is 1.19 bits per heavy atom. The lowest BCUT2D eigenvalue weighted by Gasteiger charge is -2.08. The molecule has 0 saturated carbocycles. The molecule has 0 atom stereocenters. The molecule has 0 bridgehead atoms. The van der Waals surface area contributed by atoms with Crippen LogP contribution in [0.3, 0.4) is 0 Å². The van der Waals surface area contributed by atoms with E-state index in [0.29, 0.717) is 0 Å². The first kappa shape index (κ1) is 15.0. The Morgan fingerprint density at radius 2 is 1.76 bits per heavy atom. The topological polar surface area (TPSA) is 87.3 Å². The smallest absolute Gasteiger partial charge is 0.232 e. The molecule has 110 valence electrons. The number of methoxy groups -OCH3 is 2. The first-order chi connectivity index (χ1) is 9.96. The Morgan fingerprint density at radius 3 is 2.29 bits per heavy atom. The number of ether oxygens (including phenoxy) is 2. The zero-order valence-corrected chi connectivity index (χ0v) is 11.9. The van der Waals surface area contributed by atoms with E-state index in [1.54, 1.807) is 0 Å². The standard InChI is InChI=1S/C13H11ClFN3O3/c1-20-9-5-10(21-2)18-13(17-9)12(19)7-3-6(14)4-8(15)11(7)16/h3-5H,16H2,1-2H3. The third kappa shape index (κ3) is 3.03. The Kier molecular flexibility index (Phi) is 4.23. The van der Waals surface area contributed by atoms with E-state index in [4.69, 9.17) is 26.8 Å². The highest BCUT2D eigenvalue weighted by atomic mass is 35.5. The van der Waals surface area contributed by atoms with E-state index in [1.165, 1.54) is 26.4 Å². The summed E-state index contributed by atoms with van der Waals surface area (Å²) in [7, 11) is 2.76. The quantitative estimate of drug-likeness (QED) is 0.687. The van der Waals surface area contributed by atoms with E-state index in [9.17, 15) is 9.18 Å². The van der Waals surface area contributed by atoms with E-state index < -0.39 is 11.6 Å². The number of carbonyl (C=O) groups excluding carboxylic acids is 1. The highest BCUT2D eigenvalue weighted by molar-refractivity contribution is 6.31. The number of nitrogen functional groups attached to an aromatic ring is 1. The van der Waals surface area contributed by atoms with E-state index in [-0.39, 0.29) is 33.9 Å². The van der Waals surface area contributed by atoms with Crippen LogP contribution in [0.5, 0.6) is 11.8 Å². The van der Waals surface area contributed by atoms with E-state index in [0.717, 1.165) is 6.07 Å². The third-order valence-corrected chi connectivity index (χ3v) is 2.86. The summed E-state index contributed by atoms with van der Waals surface area (Å²) in [4.78, 5) is 20.2. The van der Waals surface area contributed by atoms with Crippen LogP contribution in [0.25, 0.3) is 0 Å². The minimum absolute atomic E-state index is 0.0416. The van der Waals surface area contributed by atoms with Gasteiger partial charge in [0.2, 0.25) is 23.4 Å². The summed E-state index contributed by atoms with van der Waals surface area (Å²) in [6, 6.07) is 3.66. The predicted molar refractivity (Wildman–Crippen MR) is 74.4 cm³/mol. The second-order valence-corrected chi connectivity index (χ2v) is 4.39. The lowest BCUT2D eigenvalue weighted by Crippen LogP contribution is -2.12. The van der Waals surface area contributed by atoms with Crippen molar-refractivity contribution in [3.8, 4) is 11.8 Å². The monoisotopic (exact) mass is 311 g/mol. The van der Waals surface area contributed by atoms with Crippen molar-refractivity contribution in [3.63, 3.8) is 0 Å². The second kappa shape index (κ2) is 5.92. The zero-order valence-electron chi connectivity index (χ0n) is 11.2. The van der Waals surface area contributed by atoms with E-state index in [2.05, 4.69) is 9.97 Å². The SMILES string of the molecule is COc1cc(OC)nc(C(=O)c2cc(Cl)cc(F)c2N)n1. The van der Waals surface area contributed by atoms with Crippen molar-refractivity contribution in [2.24, 2.45) is 0 Å². The van der Waals surface area contributed by atoms with Gasteiger partial charge in [0.15, 0.2) is 0 Å². The van der Waals surface area contributed by atoms with Gasteiger partial charge in [-0.05, 0) is 12.1 Å². The van der Waals surface area contributed by atoms with Crippen LogP contribution >= 0.6 is 11.6 Å². The number of nitrogens with zero attached hydrogens (tertiary/aromatic N) is 2. The number of halogens is 2. The fraction of sp³-hybridized carbons (Fsp3) is 0.154. The number of benzene rings is 1. The van der Waals surface area contributed by atoms with Crippen LogP contribution in [0, 0.1) is 5.82 Å². The Labute approximate surface area is 124 Å². The lowest BCUT2D eigenvalue weighted by molar-refractivity contribution is 0.102. The van der Waals surface area contributed by atoms with E-state index in [1.807, 2.05) is 0 Å². The molecule has 6 nitrogen and oxygen atoms in total. The maximum absolute atomic E-state index is 13.6. The molecule has 2 rings (SSSR count). The molecule has 2 N–H and O–H groups in total. The molecular weight excluding hydrogens is 301 g/mol. The maximum Gasteiger partial charge on any atom is 0.232 e. The molecule has 1 heterocycles. The van der Waals surface area contributed by atoms with Crippen LogP contribution < -0.4 is 15.2 Å². The van der Waals surface area contributed by atoms with Gasteiger partial charge >= 0.3 is 0 Å². The Hall–Kier alpha value is -2.41. The number of hydrogen-bond acceptors (Lipinski definition) is 6. The molecule has 0 spiro atoms. The number of nitrogens with two attached hydrogens (primary N) is 1. The van der Waals surface area contributed by atoms with Crippen molar-refractivity contribution in [2.45, 2.75) is 0 Å². The minimum atomic E-state index is -0.791. The van der Waals surface area contributed by atoms with Crippen molar-refractivity contribution in [1.82, 2.24) is 9.97 Å². The summed E-state index contributed by atoms with van der Waals surface area (Å²) in [5.41, 5.74) is 5.10. The Balaban J connectivity index is 2.54. The van der Waals surface area contributed by atoms with Gasteiger partial charge in [0.25, 0.3) is 0 Å². The van der Waals surface area contributed by atoms with Crippen LogP contribution in [-0.4, -0.2) is 30.0 Å². The zero-order chi connectivity index (χ0) is 15.6. The van der Waals surface area contributed by atoms with Gasteiger partial charge in [-0.25, -0.2) is 4.39 Å². The molecule has 21 heavy (non-hydrogen) atoms. The molecule has 0 aliphatic carbocycles. The molecule has 8 heteroatoms. The fourth-order valence-corrected chi connectivity index (χ4v) is 1.81. The first-order valence-electron chi connectivity index (χ1n) is 5.72. The number of rotatable bonds is 4. The summed E-state index contributed by atoms with van der Waals surface area (Å²) < 4.78 is 23.4. The summed E-state index contributed by atoms with van der Waals surface area (Å²) in [6.07, 6.45) is 0. The molecule has 0 fully saturated rings. The fourth-order valence-electron chi connectivity index (χ4n) is 1.61. The van der Waals surface area contributed by atoms with Gasteiger partial charge in [0.05, 0.1) is 31.5 Å². The van der Waals surface area contributed by atoms with Crippen LogP contribution in [0.15, 0.2) is 18.2 Å². The van der Waals surface area contributed by atoms with E-state index >= 15 is 0 Å². The van der Waals surface area contributed by atoms with Crippen LogP contribution in [-0.2, 0) is 0 Å². The van der Waals surface area contributed by atoms with Crippen molar-refractivity contribution in [2.75, 3.05) is 20.0 Å². The predicted octanol–water partition coefficient (Wildman–Crippen LogP) is 2.10. The van der Waals surface area contributed by atoms with Crippen LogP contribution in [0.2, 0.25) is 5.02 Å². The molecule has 0 radical (unpaired) electrons. The number of ketones is 1. The van der Waals surface area contributed by atoms with Crippen LogP contribution in [0.4, 0.5) is 10.1 Å². The summed E-state index contributed by atoms with van der Waals surface area (Å²) in [5.74, 6) is -1.45. The number of carbonyl (C=O) groups is 1. The minimum Gasteiger partial charge on any atom is -0.481 e. The second-order valence-electron chi connectivity index (χ2n) is 3.95. The number of anilines is 1. The van der Waals surface area contributed by atoms with Crippen molar-refractivity contribution in [3.05, 3.63) is 40.4 Å². The number of hydrogen-bond donors (Lipinski definition) is 1. The van der Waals surface area contributed by atoms with Gasteiger partial charge in [-0.2, -0.15) is 9.97 Å². The Bertz CT molecular complexity index is 687. The van der Waals surface area contributed by atoms with Gasteiger partial charge < -0.3 is 15.2 Å². The summed E-state index contributed by atoms with van der Waals surface area (Å²) in [5, 5.41) is 0.0416. The largest absolute Gasteiger partial charge is 0.481 e. The maximum atomic E-state index is 13.6. The van der Waals surface area contributed by atoms with Crippen molar-refractivity contribution >= 4 is 23.1 Å². The third-order valence-electron chi connectivity index (χ3n) is 2.64. The molecule has 0 amide bonds. The molecule has 0 saturated heterocycles. The molecule has 0 unspecified atom stereocenters. The van der Waals surface area contributed by atoms with Crippen molar-refractivity contribution in [1.29, 1.82) is 0 Å². The lowest BCUT2D eigenvalue weighted by atomic mass is 10.1. The average molecular weight is 312 g/mol. The molecule has 0 aliphatic heterocycles. The number of aromatic nitrogens is 2. The highest BCUT2D eigenvalue weighted by Gasteiger charge is 2.20.